The maximum atomic E-state index is 11.7. The normalized spacial score (nSPS) is 10.8. The predicted molar refractivity (Wildman–Crippen MR) is 100 cm³/mol. The van der Waals surface area contributed by atoms with E-state index < -0.39 is 0 Å². The van der Waals surface area contributed by atoms with Crippen LogP contribution in [0.3, 0.4) is 0 Å². The molecule has 0 radical (unpaired) electrons. The van der Waals surface area contributed by atoms with Gasteiger partial charge < -0.3 is 4.74 Å². The van der Waals surface area contributed by atoms with Gasteiger partial charge in [-0.15, -0.1) is 0 Å². The average molecular weight is 324 g/mol. The van der Waals surface area contributed by atoms with Crippen LogP contribution in [0.15, 0.2) is 48.5 Å². The maximum absolute atomic E-state index is 11.7. The number of Topliss-reactive ketones (excluding diaryl/α,β-unsaturated/α-hetero) is 1. The van der Waals surface area contributed by atoms with Gasteiger partial charge in [-0.05, 0) is 41.5 Å². The lowest BCUT2D eigenvalue weighted by Gasteiger charge is -2.10. The van der Waals surface area contributed by atoms with Crippen molar-refractivity contribution in [1.82, 2.24) is 0 Å². The number of ether oxygens (including phenoxy) is 1. The van der Waals surface area contributed by atoms with Crippen molar-refractivity contribution in [2.75, 3.05) is 13.7 Å². The van der Waals surface area contributed by atoms with Crippen LogP contribution < -0.4 is 0 Å². The molecule has 0 aliphatic carbocycles. The van der Waals surface area contributed by atoms with Gasteiger partial charge >= 0.3 is 0 Å². The lowest BCUT2D eigenvalue weighted by atomic mass is 9.95. The number of methoxy groups -OCH3 is 1. The summed E-state index contributed by atoms with van der Waals surface area (Å²) in [5, 5.41) is 0. The van der Waals surface area contributed by atoms with Gasteiger partial charge in [0.05, 0.1) is 0 Å². The van der Waals surface area contributed by atoms with E-state index in [1.165, 1.54) is 41.5 Å². The van der Waals surface area contributed by atoms with Crippen molar-refractivity contribution < 1.29 is 9.53 Å². The summed E-state index contributed by atoms with van der Waals surface area (Å²) in [6.07, 6.45) is 6.25. The largest absolute Gasteiger partial charge is 0.377 e. The molecule has 0 heterocycles. The molecule has 0 saturated carbocycles. The van der Waals surface area contributed by atoms with Crippen molar-refractivity contribution in [2.24, 2.45) is 0 Å². The lowest BCUT2D eigenvalue weighted by Crippen LogP contribution is -2.07. The summed E-state index contributed by atoms with van der Waals surface area (Å²) < 4.78 is 4.91. The Balaban J connectivity index is 2.06. The zero-order chi connectivity index (χ0) is 17.2. The van der Waals surface area contributed by atoms with Crippen LogP contribution in [0.25, 0.3) is 11.1 Å². The van der Waals surface area contributed by atoms with E-state index in [4.69, 9.17) is 4.74 Å². The second kappa shape index (κ2) is 10.0. The first kappa shape index (κ1) is 18.4. The fourth-order valence-corrected chi connectivity index (χ4v) is 2.96. The van der Waals surface area contributed by atoms with Crippen LogP contribution in [0.2, 0.25) is 0 Å². The predicted octanol–water partition coefficient (Wildman–Crippen LogP) is 5.23. The molecule has 0 fully saturated rings. The van der Waals surface area contributed by atoms with Gasteiger partial charge in [-0.1, -0.05) is 68.3 Å². The molecule has 24 heavy (non-hydrogen) atoms. The monoisotopic (exact) mass is 324 g/mol. The molecule has 0 saturated heterocycles. The molecule has 0 aliphatic heterocycles. The number of carbonyl (C=O) groups excluding carboxylic acids is 1. The first-order valence-corrected chi connectivity index (χ1v) is 8.92. The molecule has 0 atom stereocenters. The number of benzene rings is 2. The smallest absolute Gasteiger partial charge is 0.158 e. The van der Waals surface area contributed by atoms with Crippen LogP contribution in [-0.2, 0) is 22.4 Å². The standard InChI is InChI=1S/C22H28O2/c1-3-4-5-8-18-11-13-20(14-12-18)22-10-7-6-9-19(22)15-16-21(23)17-24-2/h6-7,9-14H,3-5,8,15-17H2,1-2H3. The molecule has 0 aromatic heterocycles. The molecule has 0 N–H and O–H groups in total. The minimum Gasteiger partial charge on any atom is -0.377 e. The van der Waals surface area contributed by atoms with E-state index in [0.717, 1.165) is 12.8 Å². The third-order valence-electron chi connectivity index (χ3n) is 4.33. The third-order valence-corrected chi connectivity index (χ3v) is 4.33. The fourth-order valence-electron chi connectivity index (χ4n) is 2.96. The second-order valence-corrected chi connectivity index (χ2v) is 6.28. The molecule has 0 unspecified atom stereocenters. The zero-order valence-corrected chi connectivity index (χ0v) is 14.9. The van der Waals surface area contributed by atoms with Crippen molar-refractivity contribution >= 4 is 5.78 Å². The Bertz CT molecular complexity index is 629. The van der Waals surface area contributed by atoms with Crippen LogP contribution in [-0.4, -0.2) is 19.5 Å². The molecule has 0 bridgehead atoms. The Morgan fingerprint density at radius 2 is 1.71 bits per heavy atom. The van der Waals surface area contributed by atoms with Crippen LogP contribution >= 0.6 is 0 Å². The molecular formula is C22H28O2. The Morgan fingerprint density at radius 1 is 0.958 bits per heavy atom. The van der Waals surface area contributed by atoms with E-state index in [9.17, 15) is 4.79 Å². The highest BCUT2D eigenvalue weighted by molar-refractivity contribution is 5.80. The van der Waals surface area contributed by atoms with Crippen molar-refractivity contribution in [2.45, 2.75) is 45.4 Å². The van der Waals surface area contributed by atoms with Crippen molar-refractivity contribution in [3.63, 3.8) is 0 Å². The summed E-state index contributed by atoms with van der Waals surface area (Å²) in [7, 11) is 1.56. The number of carbonyl (C=O) groups is 1. The van der Waals surface area contributed by atoms with Crippen molar-refractivity contribution in [3.05, 3.63) is 59.7 Å². The Morgan fingerprint density at radius 3 is 2.42 bits per heavy atom. The minimum absolute atomic E-state index is 0.151. The van der Waals surface area contributed by atoms with E-state index in [1.807, 2.05) is 6.07 Å². The van der Waals surface area contributed by atoms with E-state index in [0.29, 0.717) is 6.42 Å². The lowest BCUT2D eigenvalue weighted by molar-refractivity contribution is -0.122. The quantitative estimate of drug-likeness (QED) is 0.559. The third kappa shape index (κ3) is 5.61. The highest BCUT2D eigenvalue weighted by atomic mass is 16.5. The summed E-state index contributed by atoms with van der Waals surface area (Å²) in [6.45, 7) is 2.44. The molecule has 0 amide bonds. The first-order valence-electron chi connectivity index (χ1n) is 8.92. The summed E-state index contributed by atoms with van der Waals surface area (Å²) >= 11 is 0. The SMILES string of the molecule is CCCCCc1ccc(-c2ccccc2CCC(=O)COC)cc1. The van der Waals surface area contributed by atoms with E-state index in [2.05, 4.69) is 49.4 Å². The highest BCUT2D eigenvalue weighted by Gasteiger charge is 2.07. The fraction of sp³-hybridized carbons (Fsp3) is 0.409. The van der Waals surface area contributed by atoms with Crippen LogP contribution in [0.1, 0.15) is 43.7 Å². The second-order valence-electron chi connectivity index (χ2n) is 6.28. The van der Waals surface area contributed by atoms with E-state index in [1.54, 1.807) is 7.11 Å². The number of rotatable bonds is 10. The molecule has 2 heteroatoms. The highest BCUT2D eigenvalue weighted by Crippen LogP contribution is 2.25. The van der Waals surface area contributed by atoms with Gasteiger partial charge in [-0.25, -0.2) is 0 Å². The molecule has 2 nitrogen and oxygen atoms in total. The first-order chi connectivity index (χ1) is 11.7. The molecule has 2 aromatic rings. The zero-order valence-electron chi connectivity index (χ0n) is 14.9. The Labute approximate surface area is 145 Å². The summed E-state index contributed by atoms with van der Waals surface area (Å²) in [5.41, 5.74) is 5.08. The number of unbranched alkanes of at least 4 members (excludes halogenated alkanes) is 2. The summed E-state index contributed by atoms with van der Waals surface area (Å²) in [4.78, 5) is 11.7. The Kier molecular flexibility index (Phi) is 7.70. The van der Waals surface area contributed by atoms with Crippen molar-refractivity contribution in [3.8, 4) is 11.1 Å². The number of ketones is 1. The number of hydrogen-bond acceptors (Lipinski definition) is 2. The molecule has 0 spiro atoms. The van der Waals surface area contributed by atoms with Crippen LogP contribution in [0, 0.1) is 0 Å². The van der Waals surface area contributed by atoms with Gasteiger partial charge in [0.1, 0.15) is 6.61 Å². The molecular weight excluding hydrogens is 296 g/mol. The van der Waals surface area contributed by atoms with Crippen molar-refractivity contribution in [1.29, 1.82) is 0 Å². The van der Waals surface area contributed by atoms with Gasteiger partial charge in [-0.3, -0.25) is 4.79 Å². The van der Waals surface area contributed by atoms with Gasteiger partial charge in [0.2, 0.25) is 0 Å². The molecule has 128 valence electrons. The average Bonchev–Trinajstić information content (AvgIpc) is 2.61. The summed E-state index contributed by atoms with van der Waals surface area (Å²) in [5.74, 6) is 0.151. The van der Waals surface area contributed by atoms with Crippen LogP contribution in [0.5, 0.6) is 0 Å². The molecule has 0 aliphatic rings. The topological polar surface area (TPSA) is 26.3 Å². The van der Waals surface area contributed by atoms with Gasteiger partial charge in [-0.2, -0.15) is 0 Å². The Hall–Kier alpha value is -1.93. The summed E-state index contributed by atoms with van der Waals surface area (Å²) in [6, 6.07) is 17.2. The van der Waals surface area contributed by atoms with Crippen LogP contribution in [0.4, 0.5) is 0 Å². The van der Waals surface area contributed by atoms with E-state index in [-0.39, 0.29) is 12.4 Å². The van der Waals surface area contributed by atoms with Gasteiger partial charge in [0.25, 0.3) is 0 Å². The maximum Gasteiger partial charge on any atom is 0.158 e. The van der Waals surface area contributed by atoms with E-state index >= 15 is 0 Å². The number of hydrogen-bond donors (Lipinski definition) is 0. The molecule has 2 aromatic carbocycles. The van der Waals surface area contributed by atoms with Gasteiger partial charge in [0, 0.05) is 13.5 Å². The minimum atomic E-state index is 0.151. The molecule has 2 rings (SSSR count). The number of aryl methyl sites for hydroxylation is 2. The van der Waals surface area contributed by atoms with Gasteiger partial charge in [0.15, 0.2) is 5.78 Å².